The highest BCUT2D eigenvalue weighted by Crippen LogP contribution is 2.30. The average Bonchev–Trinajstić information content (AvgIpc) is 2.54. The molecule has 1 amide bonds. The van der Waals surface area contributed by atoms with Gasteiger partial charge >= 0.3 is 0 Å². The Kier molecular flexibility index (Phi) is 5.02. The number of methoxy groups -OCH3 is 2. The van der Waals surface area contributed by atoms with Crippen LogP contribution in [-0.2, 0) is 0 Å². The zero-order valence-corrected chi connectivity index (χ0v) is 13.1. The Bertz CT molecular complexity index is 764. The molecule has 0 saturated heterocycles. The number of hydrogen-bond donors (Lipinski definition) is 1. The van der Waals surface area contributed by atoms with Crippen molar-refractivity contribution in [2.75, 3.05) is 19.5 Å². The van der Waals surface area contributed by atoms with E-state index in [1.807, 2.05) is 0 Å². The van der Waals surface area contributed by atoms with Crippen molar-refractivity contribution in [1.29, 1.82) is 0 Å². The lowest BCUT2D eigenvalue weighted by Gasteiger charge is -2.12. The van der Waals surface area contributed by atoms with Crippen LogP contribution in [0.2, 0.25) is 5.02 Å². The Hall–Kier alpha value is -2.80. The minimum atomic E-state index is -0.598. The number of benzene rings is 2. The van der Waals surface area contributed by atoms with Gasteiger partial charge in [0.2, 0.25) is 0 Å². The SMILES string of the molecule is COc1ccc(OC)c(NC(=O)c2cc([N+](=O)[O-])ccc2Cl)c1. The molecule has 0 radical (unpaired) electrons. The van der Waals surface area contributed by atoms with Crippen LogP contribution in [-0.4, -0.2) is 25.1 Å². The summed E-state index contributed by atoms with van der Waals surface area (Å²) in [6, 6.07) is 8.52. The molecule has 2 rings (SSSR count). The fourth-order valence-electron chi connectivity index (χ4n) is 1.90. The number of nitrogens with one attached hydrogen (secondary N) is 1. The molecule has 0 spiro atoms. The molecule has 2 aromatic carbocycles. The third-order valence-electron chi connectivity index (χ3n) is 3.06. The van der Waals surface area contributed by atoms with Gasteiger partial charge in [0.15, 0.2) is 0 Å². The fraction of sp³-hybridized carbons (Fsp3) is 0.133. The number of amides is 1. The van der Waals surface area contributed by atoms with E-state index in [0.717, 1.165) is 6.07 Å². The summed E-state index contributed by atoms with van der Waals surface area (Å²) >= 11 is 5.95. The number of rotatable bonds is 5. The summed E-state index contributed by atoms with van der Waals surface area (Å²) in [4.78, 5) is 22.6. The molecule has 1 N–H and O–H groups in total. The van der Waals surface area contributed by atoms with Crippen LogP contribution in [0.4, 0.5) is 11.4 Å². The number of carbonyl (C=O) groups excluding carboxylic acids is 1. The van der Waals surface area contributed by atoms with Crippen LogP contribution in [0.25, 0.3) is 0 Å². The van der Waals surface area contributed by atoms with E-state index in [9.17, 15) is 14.9 Å². The van der Waals surface area contributed by atoms with Crippen LogP contribution in [0.5, 0.6) is 11.5 Å². The molecule has 120 valence electrons. The summed E-state index contributed by atoms with van der Waals surface area (Å²) in [6.45, 7) is 0. The summed E-state index contributed by atoms with van der Waals surface area (Å²) < 4.78 is 10.3. The zero-order valence-electron chi connectivity index (χ0n) is 12.3. The van der Waals surface area contributed by atoms with Crippen molar-refractivity contribution in [1.82, 2.24) is 0 Å². The number of nitrogens with zero attached hydrogens (tertiary/aromatic N) is 1. The van der Waals surface area contributed by atoms with Crippen molar-refractivity contribution in [3.63, 3.8) is 0 Å². The van der Waals surface area contributed by atoms with Gasteiger partial charge in [-0.15, -0.1) is 0 Å². The predicted molar refractivity (Wildman–Crippen MR) is 85.6 cm³/mol. The van der Waals surface area contributed by atoms with Crippen molar-refractivity contribution in [2.24, 2.45) is 0 Å². The fourth-order valence-corrected chi connectivity index (χ4v) is 2.11. The second-order valence-corrected chi connectivity index (χ2v) is 4.85. The van der Waals surface area contributed by atoms with Crippen LogP contribution in [0.15, 0.2) is 36.4 Å². The maximum absolute atomic E-state index is 12.4. The van der Waals surface area contributed by atoms with Crippen LogP contribution in [0.1, 0.15) is 10.4 Å². The first kappa shape index (κ1) is 16.6. The van der Waals surface area contributed by atoms with Gasteiger partial charge in [-0.2, -0.15) is 0 Å². The van der Waals surface area contributed by atoms with Crippen molar-refractivity contribution >= 4 is 28.9 Å². The Morgan fingerprint density at radius 3 is 2.52 bits per heavy atom. The van der Waals surface area contributed by atoms with Crippen LogP contribution in [0, 0.1) is 10.1 Å². The summed E-state index contributed by atoms with van der Waals surface area (Å²) in [5.41, 5.74) is 0.127. The Morgan fingerprint density at radius 1 is 1.17 bits per heavy atom. The molecule has 0 aromatic heterocycles. The monoisotopic (exact) mass is 336 g/mol. The topological polar surface area (TPSA) is 90.7 Å². The maximum Gasteiger partial charge on any atom is 0.270 e. The van der Waals surface area contributed by atoms with E-state index in [4.69, 9.17) is 21.1 Å². The molecule has 0 saturated carbocycles. The largest absolute Gasteiger partial charge is 0.497 e. The second kappa shape index (κ2) is 6.97. The number of halogens is 1. The van der Waals surface area contributed by atoms with Gasteiger partial charge in [0.25, 0.3) is 11.6 Å². The lowest BCUT2D eigenvalue weighted by atomic mass is 10.1. The van der Waals surface area contributed by atoms with Crippen molar-refractivity contribution in [2.45, 2.75) is 0 Å². The summed E-state index contributed by atoms with van der Waals surface area (Å²) in [7, 11) is 2.95. The van der Waals surface area contributed by atoms with Gasteiger partial charge in [0, 0.05) is 18.2 Å². The highest BCUT2D eigenvalue weighted by molar-refractivity contribution is 6.34. The van der Waals surface area contributed by atoms with E-state index in [-0.39, 0.29) is 16.3 Å². The first-order valence-corrected chi connectivity index (χ1v) is 6.81. The van der Waals surface area contributed by atoms with Gasteiger partial charge in [0.05, 0.1) is 35.4 Å². The molecule has 7 nitrogen and oxygen atoms in total. The lowest BCUT2D eigenvalue weighted by molar-refractivity contribution is -0.384. The highest BCUT2D eigenvalue weighted by Gasteiger charge is 2.17. The molecular formula is C15H13ClN2O5. The number of carbonyl (C=O) groups is 1. The van der Waals surface area contributed by atoms with Gasteiger partial charge in [-0.1, -0.05) is 11.6 Å². The standard InChI is InChI=1S/C15H13ClN2O5/c1-22-10-4-6-14(23-2)13(8-10)17-15(19)11-7-9(18(20)21)3-5-12(11)16/h3-8H,1-2H3,(H,17,19). The predicted octanol–water partition coefficient (Wildman–Crippen LogP) is 3.52. The van der Waals surface area contributed by atoms with Crippen molar-refractivity contribution in [3.8, 4) is 11.5 Å². The smallest absolute Gasteiger partial charge is 0.270 e. The summed E-state index contributed by atoms with van der Waals surface area (Å²) in [5.74, 6) is 0.345. The number of anilines is 1. The molecule has 0 unspecified atom stereocenters. The first-order valence-electron chi connectivity index (χ1n) is 6.43. The normalized spacial score (nSPS) is 10.0. The van der Waals surface area contributed by atoms with Crippen molar-refractivity contribution < 1.29 is 19.2 Å². The minimum absolute atomic E-state index is 0.00857. The molecule has 0 aliphatic rings. The number of non-ortho nitro benzene ring substituents is 1. The first-order chi connectivity index (χ1) is 11.0. The second-order valence-electron chi connectivity index (χ2n) is 4.44. The van der Waals surface area contributed by atoms with Crippen molar-refractivity contribution in [3.05, 3.63) is 57.1 Å². The van der Waals surface area contributed by atoms with Gasteiger partial charge in [0.1, 0.15) is 11.5 Å². The lowest BCUT2D eigenvalue weighted by Crippen LogP contribution is -2.13. The minimum Gasteiger partial charge on any atom is -0.497 e. The number of nitro groups is 1. The van der Waals surface area contributed by atoms with E-state index in [1.54, 1.807) is 18.2 Å². The molecule has 0 atom stereocenters. The Labute approximate surface area is 136 Å². The molecule has 0 aliphatic carbocycles. The van der Waals surface area contributed by atoms with Gasteiger partial charge in [-0.25, -0.2) is 0 Å². The van der Waals surface area contributed by atoms with Crippen LogP contribution < -0.4 is 14.8 Å². The number of hydrogen-bond acceptors (Lipinski definition) is 5. The van der Waals surface area contributed by atoms with Crippen LogP contribution >= 0.6 is 11.6 Å². The third kappa shape index (κ3) is 3.70. The van der Waals surface area contributed by atoms with E-state index >= 15 is 0 Å². The van der Waals surface area contributed by atoms with Gasteiger partial charge in [-0.3, -0.25) is 14.9 Å². The van der Waals surface area contributed by atoms with Gasteiger partial charge < -0.3 is 14.8 Å². The zero-order chi connectivity index (χ0) is 17.0. The van der Waals surface area contributed by atoms with E-state index in [0.29, 0.717) is 17.2 Å². The van der Waals surface area contributed by atoms with Crippen LogP contribution in [0.3, 0.4) is 0 Å². The van der Waals surface area contributed by atoms with E-state index in [2.05, 4.69) is 5.32 Å². The molecule has 23 heavy (non-hydrogen) atoms. The third-order valence-corrected chi connectivity index (χ3v) is 3.39. The molecule has 0 heterocycles. The Balaban J connectivity index is 2.36. The Morgan fingerprint density at radius 2 is 1.91 bits per heavy atom. The maximum atomic E-state index is 12.4. The molecule has 0 fully saturated rings. The highest BCUT2D eigenvalue weighted by atomic mass is 35.5. The summed E-state index contributed by atoms with van der Waals surface area (Å²) in [5, 5.41) is 13.5. The summed E-state index contributed by atoms with van der Waals surface area (Å²) in [6.07, 6.45) is 0. The number of nitro benzene ring substituents is 1. The molecule has 8 heteroatoms. The van der Waals surface area contributed by atoms with E-state index < -0.39 is 10.8 Å². The molecular weight excluding hydrogens is 324 g/mol. The number of ether oxygens (including phenoxy) is 2. The quantitative estimate of drug-likeness (QED) is 0.666. The molecule has 0 aliphatic heterocycles. The van der Waals surface area contributed by atoms with Gasteiger partial charge in [-0.05, 0) is 18.2 Å². The van der Waals surface area contributed by atoms with E-state index in [1.165, 1.54) is 26.4 Å². The molecule has 2 aromatic rings. The average molecular weight is 337 g/mol. The molecule has 0 bridgehead atoms.